The van der Waals surface area contributed by atoms with E-state index in [1.807, 2.05) is 12.1 Å². The van der Waals surface area contributed by atoms with E-state index in [2.05, 4.69) is 61.1 Å². The number of carbonyl (C=O) groups excluding carboxylic acids is 1. The van der Waals surface area contributed by atoms with E-state index in [1.165, 1.54) is 16.2 Å². The van der Waals surface area contributed by atoms with Crippen molar-refractivity contribution in [2.75, 3.05) is 13.1 Å². The van der Waals surface area contributed by atoms with E-state index in [0.29, 0.717) is 19.0 Å². The van der Waals surface area contributed by atoms with Crippen LogP contribution in [0.1, 0.15) is 53.9 Å². The fourth-order valence-corrected chi connectivity index (χ4v) is 4.96. The second kappa shape index (κ2) is 8.19. The summed E-state index contributed by atoms with van der Waals surface area (Å²) in [5.74, 6) is 0.842. The number of hydrogen-bond acceptors (Lipinski definition) is 3. The average molecular weight is 418 g/mol. The molecule has 0 aliphatic carbocycles. The summed E-state index contributed by atoms with van der Waals surface area (Å²) >= 11 is 0. The lowest BCUT2D eigenvalue weighted by molar-refractivity contribution is -0.911. The topological polar surface area (TPSA) is 55.2 Å². The lowest BCUT2D eigenvalue weighted by Crippen LogP contribution is -3.11. The molecule has 2 aliphatic rings. The van der Waals surface area contributed by atoms with Crippen molar-refractivity contribution in [3.63, 3.8) is 0 Å². The Morgan fingerprint density at radius 3 is 2.74 bits per heavy atom. The molecule has 1 fully saturated rings. The SMILES string of the molecule is Cc1ccc(C2=NN(C(=O)C[NH+]3CCC[C@@H]3c3cccn3C)[C@H](c3ccco3)C2)cc1. The third kappa shape index (κ3) is 3.83. The van der Waals surface area contributed by atoms with Gasteiger partial charge in [-0.15, -0.1) is 0 Å². The first-order valence-corrected chi connectivity index (χ1v) is 11.1. The predicted molar refractivity (Wildman–Crippen MR) is 119 cm³/mol. The maximum absolute atomic E-state index is 13.5. The lowest BCUT2D eigenvalue weighted by Gasteiger charge is -2.25. The first-order chi connectivity index (χ1) is 15.1. The zero-order chi connectivity index (χ0) is 21.4. The molecule has 3 aromatic rings. The quantitative estimate of drug-likeness (QED) is 0.694. The molecule has 6 heteroatoms. The molecule has 160 valence electrons. The van der Waals surface area contributed by atoms with Crippen molar-refractivity contribution >= 4 is 11.6 Å². The molecule has 0 bridgehead atoms. The molecule has 1 amide bonds. The summed E-state index contributed by atoms with van der Waals surface area (Å²) in [4.78, 5) is 14.8. The Hall–Kier alpha value is -3.12. The molecule has 0 spiro atoms. The van der Waals surface area contributed by atoms with E-state index >= 15 is 0 Å². The number of likely N-dealkylation sites (tertiary alicyclic amines) is 1. The number of benzene rings is 1. The van der Waals surface area contributed by atoms with Gasteiger partial charge in [0.25, 0.3) is 5.91 Å². The standard InChI is InChI=1S/C25H28N4O2/c1-18-9-11-19(12-10-18)20-16-23(24-8-5-15-31-24)29(26-20)25(30)17-28-14-4-7-22(28)21-6-3-13-27(21)2/h3,5-6,8-13,15,22-23H,4,7,14,16-17H2,1-2H3/p+1/t22-,23+/m1/s1. The van der Waals surface area contributed by atoms with Gasteiger partial charge in [0.05, 0.1) is 24.2 Å². The number of nitrogens with zero attached hydrogens (tertiary/aromatic N) is 3. The summed E-state index contributed by atoms with van der Waals surface area (Å²) < 4.78 is 7.87. The van der Waals surface area contributed by atoms with E-state index in [1.54, 1.807) is 11.3 Å². The Labute approximate surface area is 182 Å². The van der Waals surface area contributed by atoms with Gasteiger partial charge in [0.2, 0.25) is 0 Å². The second-order valence-electron chi connectivity index (χ2n) is 8.71. The van der Waals surface area contributed by atoms with Crippen LogP contribution in [0.4, 0.5) is 0 Å². The molecule has 5 rings (SSSR count). The summed E-state index contributed by atoms with van der Waals surface area (Å²) in [7, 11) is 2.08. The van der Waals surface area contributed by atoms with Crippen LogP contribution in [0.5, 0.6) is 0 Å². The van der Waals surface area contributed by atoms with Crippen LogP contribution in [0.25, 0.3) is 0 Å². The van der Waals surface area contributed by atoms with Gasteiger partial charge in [-0.3, -0.25) is 4.79 Å². The highest BCUT2D eigenvalue weighted by Crippen LogP contribution is 2.33. The molecule has 1 unspecified atom stereocenters. The minimum atomic E-state index is -0.186. The number of carbonyl (C=O) groups is 1. The summed E-state index contributed by atoms with van der Waals surface area (Å²) in [5, 5.41) is 6.46. The third-order valence-corrected chi connectivity index (χ3v) is 6.63. The van der Waals surface area contributed by atoms with Crippen LogP contribution in [-0.4, -0.2) is 34.3 Å². The minimum Gasteiger partial charge on any atom is -0.467 e. The van der Waals surface area contributed by atoms with Crippen LogP contribution in [0.2, 0.25) is 0 Å². The number of furan rings is 1. The van der Waals surface area contributed by atoms with Gasteiger partial charge in [-0.1, -0.05) is 29.8 Å². The highest BCUT2D eigenvalue weighted by molar-refractivity contribution is 6.03. The fourth-order valence-electron chi connectivity index (χ4n) is 4.96. The van der Waals surface area contributed by atoms with Crippen LogP contribution in [0.15, 0.2) is 70.5 Å². The van der Waals surface area contributed by atoms with Crippen molar-refractivity contribution in [1.29, 1.82) is 0 Å². The van der Waals surface area contributed by atoms with Crippen molar-refractivity contribution in [3.8, 4) is 0 Å². The van der Waals surface area contributed by atoms with Gasteiger partial charge in [-0.2, -0.15) is 5.10 Å². The summed E-state index contributed by atoms with van der Waals surface area (Å²) in [6.07, 6.45) is 6.66. The number of rotatable bonds is 5. The molecule has 31 heavy (non-hydrogen) atoms. The van der Waals surface area contributed by atoms with Gasteiger partial charge in [0, 0.05) is 32.5 Å². The number of nitrogens with one attached hydrogen (secondary N) is 1. The average Bonchev–Trinajstić information content (AvgIpc) is 3.55. The number of hydrazone groups is 1. The summed E-state index contributed by atoms with van der Waals surface area (Å²) in [5.41, 5.74) is 4.51. The van der Waals surface area contributed by atoms with Crippen molar-refractivity contribution in [1.82, 2.24) is 9.58 Å². The zero-order valence-corrected chi connectivity index (χ0v) is 18.1. The monoisotopic (exact) mass is 417 g/mol. The van der Waals surface area contributed by atoms with E-state index < -0.39 is 0 Å². The zero-order valence-electron chi connectivity index (χ0n) is 18.1. The van der Waals surface area contributed by atoms with Crippen molar-refractivity contribution in [2.45, 2.75) is 38.3 Å². The Kier molecular flexibility index (Phi) is 5.24. The molecule has 3 atom stereocenters. The molecule has 2 aromatic heterocycles. The Morgan fingerprint density at radius 2 is 2.03 bits per heavy atom. The van der Waals surface area contributed by atoms with Crippen LogP contribution < -0.4 is 4.90 Å². The Bertz CT molecular complexity index is 1080. The molecule has 0 saturated carbocycles. The van der Waals surface area contributed by atoms with Gasteiger partial charge in [0.1, 0.15) is 17.8 Å². The Balaban J connectivity index is 1.39. The second-order valence-corrected chi connectivity index (χ2v) is 8.71. The van der Waals surface area contributed by atoms with Crippen LogP contribution in [-0.2, 0) is 11.8 Å². The van der Waals surface area contributed by atoms with Crippen molar-refractivity contribution < 1.29 is 14.1 Å². The normalized spacial score (nSPS) is 23.4. The van der Waals surface area contributed by atoms with Gasteiger partial charge in [-0.05, 0) is 36.8 Å². The van der Waals surface area contributed by atoms with Crippen molar-refractivity contribution in [3.05, 3.63) is 83.6 Å². The van der Waals surface area contributed by atoms with Gasteiger partial charge >= 0.3 is 0 Å². The van der Waals surface area contributed by atoms with Gasteiger partial charge in [-0.25, -0.2) is 5.01 Å². The van der Waals surface area contributed by atoms with Crippen LogP contribution >= 0.6 is 0 Å². The van der Waals surface area contributed by atoms with Crippen LogP contribution in [0.3, 0.4) is 0 Å². The largest absolute Gasteiger partial charge is 0.467 e. The molecule has 4 heterocycles. The van der Waals surface area contributed by atoms with E-state index in [-0.39, 0.29) is 11.9 Å². The maximum Gasteiger partial charge on any atom is 0.298 e. The molecule has 1 aromatic carbocycles. The molecule has 1 saturated heterocycles. The van der Waals surface area contributed by atoms with Gasteiger partial charge < -0.3 is 13.9 Å². The minimum absolute atomic E-state index is 0.0552. The molecule has 1 N–H and O–H groups in total. The first kappa shape index (κ1) is 19.8. The maximum atomic E-state index is 13.5. The number of amides is 1. The third-order valence-electron chi connectivity index (χ3n) is 6.63. The smallest absolute Gasteiger partial charge is 0.298 e. The van der Waals surface area contributed by atoms with E-state index in [4.69, 9.17) is 9.52 Å². The summed E-state index contributed by atoms with van der Waals surface area (Å²) in [6, 6.07) is 16.6. The molecular weight excluding hydrogens is 388 g/mol. The fraction of sp³-hybridized carbons (Fsp3) is 0.360. The summed E-state index contributed by atoms with van der Waals surface area (Å²) in [6.45, 7) is 3.52. The Morgan fingerprint density at radius 1 is 1.19 bits per heavy atom. The highest BCUT2D eigenvalue weighted by atomic mass is 16.3. The number of aromatic nitrogens is 1. The number of aryl methyl sites for hydroxylation is 2. The first-order valence-electron chi connectivity index (χ1n) is 11.1. The highest BCUT2D eigenvalue weighted by Gasteiger charge is 2.39. The molecule has 6 nitrogen and oxygen atoms in total. The van der Waals surface area contributed by atoms with Crippen LogP contribution in [0, 0.1) is 6.92 Å². The molecule has 0 radical (unpaired) electrons. The molecular formula is C25H29N4O2+. The van der Waals surface area contributed by atoms with Gasteiger partial charge in [0.15, 0.2) is 6.54 Å². The predicted octanol–water partition coefficient (Wildman–Crippen LogP) is 3.02. The lowest BCUT2D eigenvalue weighted by atomic mass is 10.0. The number of quaternary nitrogens is 1. The number of hydrogen-bond donors (Lipinski definition) is 1. The van der Waals surface area contributed by atoms with Crippen molar-refractivity contribution in [2.24, 2.45) is 12.1 Å². The van der Waals surface area contributed by atoms with E-state index in [0.717, 1.165) is 36.4 Å². The molecule has 2 aliphatic heterocycles. The van der Waals surface area contributed by atoms with E-state index in [9.17, 15) is 4.79 Å².